The highest BCUT2D eigenvalue weighted by Gasteiger charge is 2.29. The zero-order valence-electron chi connectivity index (χ0n) is 15.7. The largest absolute Gasteiger partial charge is 0.333 e. The van der Waals surface area contributed by atoms with Crippen LogP contribution < -0.4 is 0 Å². The Morgan fingerprint density at radius 1 is 1.26 bits per heavy atom. The maximum absolute atomic E-state index is 12.0. The SMILES string of the molecule is CC(=O)N1CCCC[C@@H]1c1ncc2c(n1)CCN(Cc1ccccc1Cl)C2. The summed E-state index contributed by atoms with van der Waals surface area (Å²) in [5, 5.41) is 0.816. The van der Waals surface area contributed by atoms with Crippen molar-refractivity contribution in [3.05, 3.63) is 58.1 Å². The number of carbonyl (C=O) groups is 1. The zero-order valence-corrected chi connectivity index (χ0v) is 16.5. The lowest BCUT2D eigenvalue weighted by molar-refractivity contribution is -0.132. The Hall–Kier alpha value is -1.98. The number of amides is 1. The average Bonchev–Trinajstić information content (AvgIpc) is 2.69. The number of benzene rings is 1. The lowest BCUT2D eigenvalue weighted by atomic mass is 10.0. The van der Waals surface area contributed by atoms with E-state index in [-0.39, 0.29) is 11.9 Å². The molecule has 0 aliphatic carbocycles. The van der Waals surface area contributed by atoms with Gasteiger partial charge < -0.3 is 4.90 Å². The van der Waals surface area contributed by atoms with Crippen LogP contribution in [0.15, 0.2) is 30.5 Å². The molecular weight excluding hydrogens is 360 g/mol. The summed E-state index contributed by atoms with van der Waals surface area (Å²) >= 11 is 6.31. The third kappa shape index (κ3) is 3.99. The molecule has 142 valence electrons. The highest BCUT2D eigenvalue weighted by molar-refractivity contribution is 6.31. The van der Waals surface area contributed by atoms with E-state index in [9.17, 15) is 4.79 Å². The predicted octanol–water partition coefficient (Wildman–Crippen LogP) is 3.76. The fourth-order valence-corrected chi connectivity index (χ4v) is 4.33. The molecule has 1 fully saturated rings. The lowest BCUT2D eigenvalue weighted by Crippen LogP contribution is -2.38. The van der Waals surface area contributed by atoms with E-state index < -0.39 is 0 Å². The van der Waals surface area contributed by atoms with Crippen molar-refractivity contribution in [1.82, 2.24) is 19.8 Å². The number of rotatable bonds is 3. The van der Waals surface area contributed by atoms with Gasteiger partial charge in [-0.2, -0.15) is 0 Å². The van der Waals surface area contributed by atoms with Crippen LogP contribution in [0.3, 0.4) is 0 Å². The van der Waals surface area contributed by atoms with Crippen molar-refractivity contribution in [3.63, 3.8) is 0 Å². The first-order valence-corrected chi connectivity index (χ1v) is 10.1. The molecule has 0 N–H and O–H groups in total. The van der Waals surface area contributed by atoms with E-state index in [2.05, 4.69) is 16.0 Å². The van der Waals surface area contributed by atoms with Crippen molar-refractivity contribution in [3.8, 4) is 0 Å². The topological polar surface area (TPSA) is 49.3 Å². The Labute approximate surface area is 165 Å². The van der Waals surface area contributed by atoms with E-state index in [1.165, 1.54) is 5.56 Å². The second kappa shape index (κ2) is 7.95. The molecular formula is C21H25ClN4O. The molecule has 2 aliphatic heterocycles. The fourth-order valence-electron chi connectivity index (χ4n) is 4.13. The molecule has 6 heteroatoms. The number of carbonyl (C=O) groups excluding carboxylic acids is 1. The van der Waals surface area contributed by atoms with E-state index in [0.29, 0.717) is 0 Å². The van der Waals surface area contributed by atoms with Crippen LogP contribution in [0.1, 0.15) is 54.9 Å². The molecule has 3 heterocycles. The van der Waals surface area contributed by atoms with E-state index in [0.717, 1.165) is 74.0 Å². The molecule has 0 saturated carbocycles. The third-order valence-electron chi connectivity index (χ3n) is 5.59. The van der Waals surface area contributed by atoms with Gasteiger partial charge in [-0.1, -0.05) is 29.8 Å². The van der Waals surface area contributed by atoms with Gasteiger partial charge in [0.1, 0.15) is 0 Å². The van der Waals surface area contributed by atoms with Gasteiger partial charge in [0, 0.05) is 62.0 Å². The van der Waals surface area contributed by atoms with Gasteiger partial charge in [-0.25, -0.2) is 9.97 Å². The van der Waals surface area contributed by atoms with E-state index in [4.69, 9.17) is 16.6 Å². The monoisotopic (exact) mass is 384 g/mol. The van der Waals surface area contributed by atoms with Crippen molar-refractivity contribution < 1.29 is 4.79 Å². The van der Waals surface area contributed by atoms with Crippen LogP contribution in [0.2, 0.25) is 5.02 Å². The van der Waals surface area contributed by atoms with Gasteiger partial charge in [-0.3, -0.25) is 9.69 Å². The predicted molar refractivity (Wildman–Crippen MR) is 105 cm³/mol. The van der Waals surface area contributed by atoms with Crippen molar-refractivity contribution in [2.24, 2.45) is 0 Å². The van der Waals surface area contributed by atoms with Crippen LogP contribution in [0, 0.1) is 0 Å². The molecule has 4 rings (SSSR count). The molecule has 1 aromatic heterocycles. The Balaban J connectivity index is 1.50. The molecule has 1 atom stereocenters. The molecule has 0 bridgehead atoms. The normalized spacial score (nSPS) is 20.4. The van der Waals surface area contributed by atoms with Crippen molar-refractivity contribution in [2.75, 3.05) is 13.1 Å². The van der Waals surface area contributed by atoms with Gasteiger partial charge in [0.05, 0.1) is 6.04 Å². The molecule has 0 unspecified atom stereocenters. The number of likely N-dealkylation sites (tertiary alicyclic amines) is 1. The quantitative estimate of drug-likeness (QED) is 0.808. The Morgan fingerprint density at radius 3 is 2.93 bits per heavy atom. The summed E-state index contributed by atoms with van der Waals surface area (Å²) in [4.78, 5) is 25.8. The molecule has 1 aromatic carbocycles. The molecule has 2 aromatic rings. The summed E-state index contributed by atoms with van der Waals surface area (Å²) in [5.74, 6) is 0.926. The Morgan fingerprint density at radius 2 is 2.11 bits per heavy atom. The molecule has 2 aliphatic rings. The summed E-state index contributed by atoms with van der Waals surface area (Å²) in [7, 11) is 0. The van der Waals surface area contributed by atoms with Gasteiger partial charge >= 0.3 is 0 Å². The number of fused-ring (bicyclic) bond motifs is 1. The molecule has 0 spiro atoms. The van der Waals surface area contributed by atoms with Crippen LogP contribution in [0.25, 0.3) is 0 Å². The second-order valence-electron chi connectivity index (χ2n) is 7.48. The number of hydrogen-bond donors (Lipinski definition) is 0. The molecule has 1 amide bonds. The minimum atomic E-state index is 0.0303. The molecule has 1 saturated heterocycles. The first kappa shape index (κ1) is 18.4. The van der Waals surface area contributed by atoms with Gasteiger partial charge in [-0.15, -0.1) is 0 Å². The standard InChI is InChI=1S/C21H25ClN4O/c1-15(27)26-10-5-4-8-20(26)21-23-12-17-14-25(11-9-19(17)24-21)13-16-6-2-3-7-18(16)22/h2-3,6-7,12,20H,4-5,8-11,13-14H2,1H3/t20-/m1/s1. The van der Waals surface area contributed by atoms with Gasteiger partial charge in [0.15, 0.2) is 5.82 Å². The molecule has 5 nitrogen and oxygen atoms in total. The van der Waals surface area contributed by atoms with Gasteiger partial charge in [-0.05, 0) is 30.9 Å². The smallest absolute Gasteiger partial charge is 0.220 e. The maximum atomic E-state index is 12.0. The lowest BCUT2D eigenvalue weighted by Gasteiger charge is -2.35. The second-order valence-corrected chi connectivity index (χ2v) is 7.88. The van der Waals surface area contributed by atoms with Gasteiger partial charge in [0.25, 0.3) is 0 Å². The number of hydrogen-bond acceptors (Lipinski definition) is 4. The van der Waals surface area contributed by atoms with Crippen LogP contribution >= 0.6 is 11.6 Å². The van der Waals surface area contributed by atoms with Crippen LogP contribution in [-0.4, -0.2) is 38.8 Å². The Kier molecular flexibility index (Phi) is 5.41. The summed E-state index contributed by atoms with van der Waals surface area (Å²) in [6.07, 6.45) is 6.01. The fraction of sp³-hybridized carbons (Fsp3) is 0.476. The summed E-state index contributed by atoms with van der Waals surface area (Å²) in [6.45, 7) is 5.08. The van der Waals surface area contributed by atoms with E-state index in [1.807, 2.05) is 29.3 Å². The van der Waals surface area contributed by atoms with Crippen LogP contribution in [-0.2, 0) is 24.3 Å². The van der Waals surface area contributed by atoms with Crippen LogP contribution in [0.4, 0.5) is 0 Å². The first-order chi connectivity index (χ1) is 13.1. The third-order valence-corrected chi connectivity index (χ3v) is 5.96. The summed E-state index contributed by atoms with van der Waals surface area (Å²) in [5.41, 5.74) is 3.46. The summed E-state index contributed by atoms with van der Waals surface area (Å²) in [6, 6.07) is 8.04. The number of piperidine rings is 1. The number of aromatic nitrogens is 2. The van der Waals surface area contributed by atoms with E-state index in [1.54, 1.807) is 6.92 Å². The number of nitrogens with zero attached hydrogens (tertiary/aromatic N) is 4. The highest BCUT2D eigenvalue weighted by atomic mass is 35.5. The average molecular weight is 385 g/mol. The van der Waals surface area contributed by atoms with Crippen LogP contribution in [0.5, 0.6) is 0 Å². The van der Waals surface area contributed by atoms with Crippen molar-refractivity contribution >= 4 is 17.5 Å². The molecule has 0 radical (unpaired) electrons. The minimum absolute atomic E-state index is 0.0303. The molecule has 27 heavy (non-hydrogen) atoms. The highest BCUT2D eigenvalue weighted by Crippen LogP contribution is 2.30. The minimum Gasteiger partial charge on any atom is -0.333 e. The maximum Gasteiger partial charge on any atom is 0.220 e. The van der Waals surface area contributed by atoms with Gasteiger partial charge in [0.2, 0.25) is 5.91 Å². The number of halogens is 1. The summed E-state index contributed by atoms with van der Waals surface area (Å²) < 4.78 is 0. The Bertz CT molecular complexity index is 841. The first-order valence-electron chi connectivity index (χ1n) is 9.69. The van der Waals surface area contributed by atoms with Crippen molar-refractivity contribution in [2.45, 2.75) is 51.7 Å². The zero-order chi connectivity index (χ0) is 18.8. The van der Waals surface area contributed by atoms with Crippen molar-refractivity contribution in [1.29, 1.82) is 0 Å². The van der Waals surface area contributed by atoms with E-state index >= 15 is 0 Å².